The van der Waals surface area contributed by atoms with Gasteiger partial charge in [-0.15, -0.1) is 0 Å². The van der Waals surface area contributed by atoms with E-state index in [1.165, 1.54) is 11.1 Å². The highest BCUT2D eigenvalue weighted by atomic mass is 16.5. The molecule has 2 aliphatic rings. The van der Waals surface area contributed by atoms with Crippen LogP contribution in [0.2, 0.25) is 0 Å². The van der Waals surface area contributed by atoms with E-state index in [-0.39, 0.29) is 11.4 Å². The molecule has 0 aromatic heterocycles. The first-order chi connectivity index (χ1) is 12.5. The molecule has 6 heteroatoms. The number of carboxylic acids is 1. The lowest BCUT2D eigenvalue weighted by molar-refractivity contribution is -0.143. The number of carbonyl (C=O) groups excluding carboxylic acids is 1. The van der Waals surface area contributed by atoms with E-state index in [2.05, 4.69) is 24.4 Å². The van der Waals surface area contributed by atoms with Gasteiger partial charge in [-0.3, -0.25) is 4.79 Å². The van der Waals surface area contributed by atoms with Crippen LogP contribution in [0.5, 0.6) is 0 Å². The van der Waals surface area contributed by atoms with Gasteiger partial charge in [-0.25, -0.2) is 4.79 Å². The van der Waals surface area contributed by atoms with Gasteiger partial charge >= 0.3 is 12.0 Å². The maximum Gasteiger partial charge on any atom is 0.317 e. The molecular formula is C20H28N2O4. The van der Waals surface area contributed by atoms with E-state index >= 15 is 0 Å². The summed E-state index contributed by atoms with van der Waals surface area (Å²) in [5.74, 6) is -1.27. The third-order valence-corrected chi connectivity index (χ3v) is 5.80. The second kappa shape index (κ2) is 8.08. The van der Waals surface area contributed by atoms with E-state index in [0.717, 1.165) is 19.3 Å². The predicted molar refractivity (Wildman–Crippen MR) is 98.2 cm³/mol. The van der Waals surface area contributed by atoms with Crippen molar-refractivity contribution >= 4 is 12.0 Å². The second-order valence-corrected chi connectivity index (χ2v) is 7.49. The van der Waals surface area contributed by atoms with Crippen molar-refractivity contribution in [1.82, 2.24) is 10.2 Å². The number of hydrogen-bond acceptors (Lipinski definition) is 3. The Labute approximate surface area is 154 Å². The van der Waals surface area contributed by atoms with Gasteiger partial charge in [0.05, 0.1) is 5.92 Å². The first kappa shape index (κ1) is 18.7. The van der Waals surface area contributed by atoms with E-state index < -0.39 is 11.9 Å². The van der Waals surface area contributed by atoms with Crippen LogP contribution < -0.4 is 5.32 Å². The topological polar surface area (TPSA) is 78.9 Å². The molecule has 2 N–H and O–H groups in total. The summed E-state index contributed by atoms with van der Waals surface area (Å²) in [5.41, 5.74) is 2.37. The fourth-order valence-corrected chi connectivity index (χ4v) is 4.19. The number of likely N-dealkylation sites (tertiary alicyclic amines) is 1. The fraction of sp³-hybridized carbons (Fsp3) is 0.600. The van der Waals surface area contributed by atoms with Gasteiger partial charge in [0.15, 0.2) is 0 Å². The molecule has 2 amide bonds. The van der Waals surface area contributed by atoms with E-state index in [9.17, 15) is 14.7 Å². The molecule has 1 aromatic carbocycles. The number of rotatable bonds is 4. The number of carbonyl (C=O) groups is 2. The number of nitrogens with zero attached hydrogens (tertiary/aromatic N) is 1. The van der Waals surface area contributed by atoms with Crippen molar-refractivity contribution in [3.63, 3.8) is 0 Å². The largest absolute Gasteiger partial charge is 0.481 e. The highest BCUT2D eigenvalue weighted by molar-refractivity contribution is 5.76. The van der Waals surface area contributed by atoms with Crippen LogP contribution in [0.25, 0.3) is 0 Å². The minimum absolute atomic E-state index is 0.124. The SMILES string of the molecule is Cc1ccccc1C1(CNC(=O)N2CCCC(C(=O)O)C2)CCOCC1. The van der Waals surface area contributed by atoms with E-state index in [1.54, 1.807) is 4.90 Å². The van der Waals surface area contributed by atoms with Crippen LogP contribution >= 0.6 is 0 Å². The Morgan fingerprint density at radius 2 is 2.04 bits per heavy atom. The standard InChI is InChI=1S/C20H28N2O4/c1-15-5-2-3-7-17(15)20(8-11-26-12-9-20)14-21-19(25)22-10-4-6-16(13-22)18(23)24/h2-3,5,7,16H,4,6,8-14H2,1H3,(H,21,25)(H,23,24). The van der Waals surface area contributed by atoms with Crippen molar-refractivity contribution in [2.45, 2.75) is 38.0 Å². The molecule has 2 saturated heterocycles. The van der Waals surface area contributed by atoms with Gasteiger partial charge in [-0.2, -0.15) is 0 Å². The summed E-state index contributed by atoms with van der Waals surface area (Å²) in [6.07, 6.45) is 3.12. The molecule has 0 bridgehead atoms. The number of hydrogen-bond donors (Lipinski definition) is 2. The van der Waals surface area contributed by atoms with Crippen LogP contribution in [0.15, 0.2) is 24.3 Å². The highest BCUT2D eigenvalue weighted by Gasteiger charge is 2.37. The Balaban J connectivity index is 1.69. The number of aliphatic carboxylic acids is 1. The lowest BCUT2D eigenvalue weighted by Crippen LogP contribution is -2.51. The molecule has 6 nitrogen and oxygen atoms in total. The molecule has 0 aliphatic carbocycles. The summed E-state index contributed by atoms with van der Waals surface area (Å²) < 4.78 is 5.56. The van der Waals surface area contributed by atoms with Crippen LogP contribution in [0.3, 0.4) is 0 Å². The highest BCUT2D eigenvalue weighted by Crippen LogP contribution is 2.36. The van der Waals surface area contributed by atoms with Crippen LogP contribution in [0.4, 0.5) is 4.79 Å². The Morgan fingerprint density at radius 3 is 2.73 bits per heavy atom. The van der Waals surface area contributed by atoms with Gasteiger partial charge in [0.25, 0.3) is 0 Å². The zero-order valence-corrected chi connectivity index (χ0v) is 15.4. The average molecular weight is 360 g/mol. The molecule has 26 heavy (non-hydrogen) atoms. The fourth-order valence-electron chi connectivity index (χ4n) is 4.19. The minimum atomic E-state index is -0.816. The lowest BCUT2D eigenvalue weighted by Gasteiger charge is -2.40. The predicted octanol–water partition coefficient (Wildman–Crippen LogP) is 2.55. The third kappa shape index (κ3) is 4.01. The maximum absolute atomic E-state index is 12.7. The number of amides is 2. The van der Waals surface area contributed by atoms with E-state index in [4.69, 9.17) is 4.74 Å². The first-order valence-corrected chi connectivity index (χ1v) is 9.41. The molecular weight excluding hydrogens is 332 g/mol. The Bertz CT molecular complexity index is 655. The molecule has 0 saturated carbocycles. The van der Waals surface area contributed by atoms with E-state index in [1.807, 2.05) is 12.1 Å². The third-order valence-electron chi connectivity index (χ3n) is 5.80. The van der Waals surface area contributed by atoms with Gasteiger partial charge in [0.2, 0.25) is 0 Å². The molecule has 3 rings (SSSR count). The van der Waals surface area contributed by atoms with Crippen molar-refractivity contribution in [3.05, 3.63) is 35.4 Å². The first-order valence-electron chi connectivity index (χ1n) is 9.41. The Kier molecular flexibility index (Phi) is 5.81. The molecule has 1 unspecified atom stereocenters. The van der Waals surface area contributed by atoms with Gasteiger partial charge in [0, 0.05) is 38.3 Å². The van der Waals surface area contributed by atoms with Crippen molar-refractivity contribution < 1.29 is 19.4 Å². The van der Waals surface area contributed by atoms with Gasteiger partial charge in [0.1, 0.15) is 0 Å². The summed E-state index contributed by atoms with van der Waals surface area (Å²) in [6.45, 7) is 4.95. The van der Waals surface area contributed by atoms with Crippen molar-refractivity contribution in [1.29, 1.82) is 0 Å². The summed E-state index contributed by atoms with van der Waals surface area (Å²) in [5, 5.41) is 12.3. The minimum Gasteiger partial charge on any atom is -0.481 e. The quantitative estimate of drug-likeness (QED) is 0.865. The molecule has 2 aliphatic heterocycles. The molecule has 2 fully saturated rings. The summed E-state index contributed by atoms with van der Waals surface area (Å²) in [4.78, 5) is 25.5. The lowest BCUT2D eigenvalue weighted by atomic mass is 9.72. The zero-order chi connectivity index (χ0) is 18.6. The zero-order valence-electron chi connectivity index (χ0n) is 15.4. The Hall–Kier alpha value is -2.08. The molecule has 2 heterocycles. The molecule has 142 valence electrons. The van der Waals surface area contributed by atoms with Gasteiger partial charge < -0.3 is 20.1 Å². The van der Waals surface area contributed by atoms with Crippen LogP contribution in [0, 0.1) is 12.8 Å². The number of aryl methyl sites for hydroxylation is 1. The monoisotopic (exact) mass is 360 g/mol. The molecule has 0 radical (unpaired) electrons. The van der Waals surface area contributed by atoms with E-state index in [0.29, 0.717) is 39.3 Å². The number of ether oxygens (including phenoxy) is 1. The normalized spacial score (nSPS) is 22.7. The summed E-state index contributed by atoms with van der Waals surface area (Å²) in [7, 11) is 0. The number of piperidine rings is 1. The van der Waals surface area contributed by atoms with Crippen molar-refractivity contribution in [2.75, 3.05) is 32.8 Å². The summed E-state index contributed by atoms with van der Waals surface area (Å²) in [6, 6.07) is 8.17. The summed E-state index contributed by atoms with van der Waals surface area (Å²) >= 11 is 0. The molecule has 1 aromatic rings. The number of nitrogens with one attached hydrogen (secondary N) is 1. The van der Waals surface area contributed by atoms with Crippen LogP contribution in [-0.4, -0.2) is 54.9 Å². The second-order valence-electron chi connectivity index (χ2n) is 7.49. The van der Waals surface area contributed by atoms with Crippen molar-refractivity contribution in [2.24, 2.45) is 5.92 Å². The number of carboxylic acid groups (broad SMARTS) is 1. The van der Waals surface area contributed by atoms with Crippen molar-refractivity contribution in [3.8, 4) is 0 Å². The molecule has 1 atom stereocenters. The van der Waals surface area contributed by atoms with Crippen LogP contribution in [-0.2, 0) is 14.9 Å². The molecule has 0 spiro atoms. The number of urea groups is 1. The number of benzene rings is 1. The van der Waals surface area contributed by atoms with Gasteiger partial charge in [-0.1, -0.05) is 24.3 Å². The van der Waals surface area contributed by atoms with Gasteiger partial charge in [-0.05, 0) is 43.7 Å². The average Bonchev–Trinajstić information content (AvgIpc) is 2.67. The Morgan fingerprint density at radius 1 is 1.31 bits per heavy atom. The van der Waals surface area contributed by atoms with Crippen LogP contribution in [0.1, 0.15) is 36.8 Å². The maximum atomic E-state index is 12.7. The smallest absolute Gasteiger partial charge is 0.317 e.